The highest BCUT2D eigenvalue weighted by Gasteiger charge is 2.53. The first-order valence-electron chi connectivity index (χ1n) is 4.37. The molecule has 11 heavy (non-hydrogen) atoms. The average molecular weight is 153 g/mol. The minimum absolute atomic E-state index is 0.416. The number of oxime groups is 1. The molecule has 62 valence electrons. The summed E-state index contributed by atoms with van der Waals surface area (Å²) in [6.07, 6.45) is 3.50. The van der Waals surface area contributed by atoms with Gasteiger partial charge in [0.05, 0.1) is 5.71 Å². The molecule has 2 nitrogen and oxygen atoms in total. The zero-order chi connectivity index (χ0) is 8.06. The summed E-state index contributed by atoms with van der Waals surface area (Å²) < 4.78 is 0. The molecule has 0 saturated heterocycles. The van der Waals surface area contributed by atoms with Crippen LogP contribution in [0.15, 0.2) is 5.16 Å². The Kier molecular flexibility index (Phi) is 1.29. The van der Waals surface area contributed by atoms with Gasteiger partial charge in [0.2, 0.25) is 0 Å². The number of rotatable bonds is 0. The molecule has 2 unspecified atom stereocenters. The lowest BCUT2D eigenvalue weighted by atomic mass is 9.48. The van der Waals surface area contributed by atoms with Crippen LogP contribution < -0.4 is 0 Å². The highest BCUT2D eigenvalue weighted by Crippen LogP contribution is 2.57. The summed E-state index contributed by atoms with van der Waals surface area (Å²) in [5.41, 5.74) is 1.46. The molecule has 0 aromatic heterocycles. The largest absolute Gasteiger partial charge is 0.411 e. The second kappa shape index (κ2) is 1.99. The molecule has 1 N–H and O–H groups in total. The van der Waals surface area contributed by atoms with E-state index in [4.69, 9.17) is 5.21 Å². The van der Waals surface area contributed by atoms with Crippen molar-refractivity contribution in [2.24, 2.45) is 22.4 Å². The lowest BCUT2D eigenvalue weighted by Crippen LogP contribution is -2.52. The molecular formula is C9H15NO. The Balaban J connectivity index is 2.23. The second-order valence-corrected chi connectivity index (χ2v) is 4.44. The van der Waals surface area contributed by atoms with Gasteiger partial charge in [0.1, 0.15) is 0 Å². The maximum atomic E-state index is 8.71. The van der Waals surface area contributed by atoms with E-state index in [1.165, 1.54) is 12.8 Å². The van der Waals surface area contributed by atoms with Crippen LogP contribution in [0.3, 0.4) is 0 Å². The van der Waals surface area contributed by atoms with Crippen LogP contribution in [-0.4, -0.2) is 10.9 Å². The third kappa shape index (κ3) is 0.754. The fourth-order valence-corrected chi connectivity index (χ4v) is 2.69. The molecule has 2 bridgehead atoms. The number of hydrogen-bond donors (Lipinski definition) is 1. The lowest BCUT2D eigenvalue weighted by molar-refractivity contribution is -0.000989. The second-order valence-electron chi connectivity index (χ2n) is 4.44. The van der Waals surface area contributed by atoms with Gasteiger partial charge in [-0.15, -0.1) is 0 Å². The Labute approximate surface area is 67.3 Å². The van der Waals surface area contributed by atoms with Crippen LogP contribution in [0.2, 0.25) is 0 Å². The highest BCUT2D eigenvalue weighted by atomic mass is 16.4. The molecule has 0 amide bonds. The Hall–Kier alpha value is -0.530. The van der Waals surface area contributed by atoms with Crippen molar-refractivity contribution in [2.45, 2.75) is 33.1 Å². The molecule has 3 rings (SSSR count). The van der Waals surface area contributed by atoms with Gasteiger partial charge in [-0.1, -0.05) is 19.0 Å². The Morgan fingerprint density at radius 3 is 2.64 bits per heavy atom. The number of fused-ring (bicyclic) bond motifs is 2. The topological polar surface area (TPSA) is 32.6 Å². The first-order chi connectivity index (χ1) is 5.16. The third-order valence-corrected chi connectivity index (χ3v) is 3.75. The van der Waals surface area contributed by atoms with Gasteiger partial charge >= 0.3 is 0 Å². The number of hydrogen-bond acceptors (Lipinski definition) is 2. The van der Waals surface area contributed by atoms with E-state index < -0.39 is 0 Å². The van der Waals surface area contributed by atoms with E-state index in [-0.39, 0.29) is 0 Å². The molecule has 3 fully saturated rings. The quantitative estimate of drug-likeness (QED) is 0.420. The van der Waals surface area contributed by atoms with Gasteiger partial charge in [0.25, 0.3) is 0 Å². The van der Waals surface area contributed by atoms with E-state index in [2.05, 4.69) is 19.0 Å². The molecule has 3 aliphatic carbocycles. The van der Waals surface area contributed by atoms with E-state index in [0.29, 0.717) is 11.3 Å². The van der Waals surface area contributed by atoms with Gasteiger partial charge in [-0.2, -0.15) is 0 Å². The van der Waals surface area contributed by atoms with Crippen LogP contribution in [0.25, 0.3) is 0 Å². The Morgan fingerprint density at radius 2 is 2.27 bits per heavy atom. The van der Waals surface area contributed by atoms with E-state index in [1.54, 1.807) is 0 Å². The molecule has 2 atom stereocenters. The highest BCUT2D eigenvalue weighted by molar-refractivity contribution is 5.89. The van der Waals surface area contributed by atoms with Crippen LogP contribution >= 0.6 is 0 Å². The normalized spacial score (nSPS) is 43.6. The van der Waals surface area contributed by atoms with E-state index in [0.717, 1.165) is 18.1 Å². The molecule has 2 heteroatoms. The van der Waals surface area contributed by atoms with Crippen LogP contribution in [0.1, 0.15) is 33.1 Å². The SMILES string of the molecule is CC1(C)C2CCC(=NO)C1C2. The van der Waals surface area contributed by atoms with Crippen molar-refractivity contribution in [1.29, 1.82) is 0 Å². The van der Waals surface area contributed by atoms with Crippen molar-refractivity contribution in [3.8, 4) is 0 Å². The average Bonchev–Trinajstić information content (AvgIpc) is 2.04. The summed E-state index contributed by atoms with van der Waals surface area (Å²) in [6, 6.07) is 0. The summed E-state index contributed by atoms with van der Waals surface area (Å²) >= 11 is 0. The predicted octanol–water partition coefficient (Wildman–Crippen LogP) is 2.27. The molecule has 0 aliphatic heterocycles. The van der Waals surface area contributed by atoms with Crippen molar-refractivity contribution in [3.63, 3.8) is 0 Å². The fraction of sp³-hybridized carbons (Fsp3) is 0.889. The van der Waals surface area contributed by atoms with Crippen molar-refractivity contribution in [1.82, 2.24) is 0 Å². The summed E-state index contributed by atoms with van der Waals surface area (Å²) in [7, 11) is 0. The molecule has 0 radical (unpaired) electrons. The zero-order valence-electron chi connectivity index (χ0n) is 7.17. The summed E-state index contributed by atoms with van der Waals surface area (Å²) in [6.45, 7) is 4.58. The first kappa shape index (κ1) is 7.14. The zero-order valence-corrected chi connectivity index (χ0v) is 7.17. The minimum Gasteiger partial charge on any atom is -0.411 e. The van der Waals surface area contributed by atoms with Crippen LogP contribution in [0, 0.1) is 17.3 Å². The van der Waals surface area contributed by atoms with Crippen molar-refractivity contribution in [2.75, 3.05) is 0 Å². The molecule has 3 aliphatic rings. The molecular weight excluding hydrogens is 138 g/mol. The van der Waals surface area contributed by atoms with E-state index in [9.17, 15) is 0 Å². The fourth-order valence-electron chi connectivity index (χ4n) is 2.69. The van der Waals surface area contributed by atoms with Crippen LogP contribution in [0.5, 0.6) is 0 Å². The van der Waals surface area contributed by atoms with Crippen LogP contribution in [0.4, 0.5) is 0 Å². The first-order valence-corrected chi connectivity index (χ1v) is 4.37. The van der Waals surface area contributed by atoms with Gasteiger partial charge in [0, 0.05) is 5.92 Å². The minimum atomic E-state index is 0.416. The monoisotopic (exact) mass is 153 g/mol. The summed E-state index contributed by atoms with van der Waals surface area (Å²) in [5.74, 6) is 1.46. The standard InChI is InChI=1S/C9H15NO/c1-9(2)6-3-4-8(10-11)7(9)5-6/h6-7,11H,3-5H2,1-2H3. The van der Waals surface area contributed by atoms with E-state index >= 15 is 0 Å². The van der Waals surface area contributed by atoms with Gasteiger partial charge in [-0.3, -0.25) is 0 Å². The lowest BCUT2D eigenvalue weighted by Gasteiger charge is -2.56. The maximum Gasteiger partial charge on any atom is 0.0607 e. The summed E-state index contributed by atoms with van der Waals surface area (Å²) in [5, 5.41) is 12.1. The molecule has 0 aromatic rings. The van der Waals surface area contributed by atoms with Crippen molar-refractivity contribution >= 4 is 5.71 Å². The van der Waals surface area contributed by atoms with Crippen molar-refractivity contribution < 1.29 is 5.21 Å². The molecule has 0 heterocycles. The van der Waals surface area contributed by atoms with Crippen molar-refractivity contribution in [3.05, 3.63) is 0 Å². The van der Waals surface area contributed by atoms with Gasteiger partial charge in [-0.25, -0.2) is 0 Å². The molecule has 3 saturated carbocycles. The maximum absolute atomic E-state index is 8.71. The van der Waals surface area contributed by atoms with Crippen LogP contribution in [-0.2, 0) is 0 Å². The third-order valence-electron chi connectivity index (χ3n) is 3.75. The molecule has 0 spiro atoms. The smallest absolute Gasteiger partial charge is 0.0607 e. The van der Waals surface area contributed by atoms with Gasteiger partial charge < -0.3 is 5.21 Å². The summed E-state index contributed by atoms with van der Waals surface area (Å²) in [4.78, 5) is 0. The Morgan fingerprint density at radius 1 is 1.55 bits per heavy atom. The predicted molar refractivity (Wildman–Crippen MR) is 43.8 cm³/mol. The van der Waals surface area contributed by atoms with Gasteiger partial charge in [0.15, 0.2) is 0 Å². The number of nitrogens with zero attached hydrogens (tertiary/aromatic N) is 1. The Bertz CT molecular complexity index is 206. The van der Waals surface area contributed by atoms with E-state index in [1.807, 2.05) is 0 Å². The molecule has 0 aromatic carbocycles. The van der Waals surface area contributed by atoms with Gasteiger partial charge in [-0.05, 0) is 30.6 Å².